The topological polar surface area (TPSA) is 65.0 Å². The Hall–Kier alpha value is -2.79. The summed E-state index contributed by atoms with van der Waals surface area (Å²) >= 11 is 0. The molecule has 0 aliphatic heterocycles. The number of ether oxygens (including phenoxy) is 3. The summed E-state index contributed by atoms with van der Waals surface area (Å²) in [5.41, 5.74) is 0.922. The van der Waals surface area contributed by atoms with E-state index in [1.54, 1.807) is 6.08 Å². The van der Waals surface area contributed by atoms with Crippen molar-refractivity contribution in [2.24, 2.45) is 0 Å². The number of aliphatic hydroxyl groups excluding tert-OH is 1. The van der Waals surface area contributed by atoms with Crippen molar-refractivity contribution in [3.8, 4) is 5.75 Å². The molecule has 0 saturated carbocycles. The number of hydrogen-bond donors (Lipinski definition) is 1. The van der Waals surface area contributed by atoms with Crippen LogP contribution in [0.25, 0.3) is 6.08 Å². The number of para-hydroxylation sites is 1. The Bertz CT molecular complexity index is 713. The molecule has 5 heteroatoms. The van der Waals surface area contributed by atoms with Crippen molar-refractivity contribution in [3.05, 3.63) is 72.0 Å². The van der Waals surface area contributed by atoms with E-state index in [0.717, 1.165) is 24.2 Å². The Morgan fingerprint density at radius 1 is 0.871 bits per heavy atom. The number of unbranched alkanes of at least 4 members (excludes halogenated alkanes) is 5. The zero-order valence-electron chi connectivity index (χ0n) is 18.8. The fraction of sp³-hybridized carbons (Fsp3) is 0.423. The summed E-state index contributed by atoms with van der Waals surface area (Å²) in [4.78, 5) is 11.9. The van der Waals surface area contributed by atoms with Gasteiger partial charge in [-0.1, -0.05) is 87.6 Å². The van der Waals surface area contributed by atoms with E-state index >= 15 is 0 Å². The summed E-state index contributed by atoms with van der Waals surface area (Å²) in [6, 6.07) is 19.0. The van der Waals surface area contributed by atoms with E-state index in [0.29, 0.717) is 13.2 Å². The number of esters is 1. The van der Waals surface area contributed by atoms with Crippen molar-refractivity contribution in [1.82, 2.24) is 0 Å². The van der Waals surface area contributed by atoms with E-state index in [1.807, 2.05) is 60.7 Å². The Labute approximate surface area is 186 Å². The number of methoxy groups -OCH3 is 1. The highest BCUT2D eigenvalue weighted by molar-refractivity contribution is 5.91. The molecule has 2 aromatic carbocycles. The van der Waals surface area contributed by atoms with E-state index in [2.05, 4.69) is 6.92 Å². The fourth-order valence-electron chi connectivity index (χ4n) is 2.70. The average Bonchev–Trinajstić information content (AvgIpc) is 2.82. The molecular weight excluding hydrogens is 392 g/mol. The van der Waals surface area contributed by atoms with E-state index < -0.39 is 5.97 Å². The summed E-state index contributed by atoms with van der Waals surface area (Å²) in [6.45, 7) is 3.09. The molecule has 0 fully saturated rings. The van der Waals surface area contributed by atoms with Crippen molar-refractivity contribution in [3.63, 3.8) is 0 Å². The second kappa shape index (κ2) is 18.0. The van der Waals surface area contributed by atoms with Crippen LogP contribution in [0.3, 0.4) is 0 Å². The number of carbonyl (C=O) groups is 1. The van der Waals surface area contributed by atoms with Crippen molar-refractivity contribution in [2.75, 3.05) is 26.9 Å². The first-order chi connectivity index (χ1) is 15.2. The molecule has 0 aliphatic carbocycles. The van der Waals surface area contributed by atoms with Gasteiger partial charge in [0, 0.05) is 0 Å². The lowest BCUT2D eigenvalue weighted by molar-refractivity contribution is -0.142. The molecule has 0 saturated heterocycles. The second-order valence-corrected chi connectivity index (χ2v) is 6.91. The highest BCUT2D eigenvalue weighted by atomic mass is 16.6. The summed E-state index contributed by atoms with van der Waals surface area (Å²) < 4.78 is 15.5. The lowest BCUT2D eigenvalue weighted by Gasteiger charge is -2.07. The molecule has 0 amide bonds. The summed E-state index contributed by atoms with van der Waals surface area (Å²) in [5.74, 6) is 0.652. The van der Waals surface area contributed by atoms with Gasteiger partial charge in [0.15, 0.2) is 0 Å². The van der Waals surface area contributed by atoms with Gasteiger partial charge in [0.1, 0.15) is 12.4 Å². The van der Waals surface area contributed by atoms with Crippen LogP contribution in [0.15, 0.2) is 66.4 Å². The molecular formula is C26H36O5. The van der Waals surface area contributed by atoms with Gasteiger partial charge in [-0.05, 0) is 30.2 Å². The zero-order chi connectivity index (χ0) is 22.6. The minimum Gasteiger partial charge on any atom is -0.491 e. The minimum absolute atomic E-state index is 0.0644. The molecule has 0 bridgehead atoms. The standard InChI is InChI=1S/C18H26O3.C8H10O2/c1-3-4-5-6-7-11-14-21-18(19)17(20-2)15-16-12-9-8-10-13-16;9-6-7-10-8-4-2-1-3-5-8/h8-10,12-13,15H,3-7,11,14H2,1-2H3;1-5,9H,6-7H2. The molecule has 0 spiro atoms. The lowest BCUT2D eigenvalue weighted by Crippen LogP contribution is -2.10. The quantitative estimate of drug-likeness (QED) is 0.194. The molecule has 5 nitrogen and oxygen atoms in total. The van der Waals surface area contributed by atoms with Crippen LogP contribution in [-0.2, 0) is 14.3 Å². The van der Waals surface area contributed by atoms with Gasteiger partial charge in [-0.3, -0.25) is 0 Å². The fourth-order valence-corrected chi connectivity index (χ4v) is 2.70. The molecule has 31 heavy (non-hydrogen) atoms. The van der Waals surface area contributed by atoms with Gasteiger partial charge >= 0.3 is 5.97 Å². The average molecular weight is 429 g/mol. The van der Waals surface area contributed by atoms with Gasteiger partial charge in [0.2, 0.25) is 5.76 Å². The van der Waals surface area contributed by atoms with Gasteiger partial charge in [0.05, 0.1) is 20.3 Å². The molecule has 2 aromatic rings. The van der Waals surface area contributed by atoms with Gasteiger partial charge in [-0.2, -0.15) is 0 Å². The van der Waals surface area contributed by atoms with Crippen LogP contribution in [0.1, 0.15) is 51.0 Å². The summed E-state index contributed by atoms with van der Waals surface area (Å²) in [6.07, 6.45) is 8.73. The predicted octanol–water partition coefficient (Wildman–Crippen LogP) is 5.64. The predicted molar refractivity (Wildman–Crippen MR) is 125 cm³/mol. The lowest BCUT2D eigenvalue weighted by atomic mass is 10.1. The van der Waals surface area contributed by atoms with Gasteiger partial charge < -0.3 is 19.3 Å². The maximum absolute atomic E-state index is 11.9. The molecule has 170 valence electrons. The summed E-state index contributed by atoms with van der Waals surface area (Å²) in [7, 11) is 1.49. The van der Waals surface area contributed by atoms with Crippen LogP contribution in [0.5, 0.6) is 5.75 Å². The molecule has 0 aromatic heterocycles. The number of benzene rings is 2. The monoisotopic (exact) mass is 428 g/mol. The molecule has 0 radical (unpaired) electrons. The first-order valence-electron chi connectivity index (χ1n) is 11.0. The van der Waals surface area contributed by atoms with E-state index in [4.69, 9.17) is 19.3 Å². The highest BCUT2D eigenvalue weighted by Gasteiger charge is 2.11. The van der Waals surface area contributed by atoms with E-state index in [1.165, 1.54) is 32.8 Å². The number of aliphatic hydroxyl groups is 1. The van der Waals surface area contributed by atoms with Crippen molar-refractivity contribution in [2.45, 2.75) is 45.4 Å². The second-order valence-electron chi connectivity index (χ2n) is 6.91. The van der Waals surface area contributed by atoms with Crippen LogP contribution >= 0.6 is 0 Å². The highest BCUT2D eigenvalue weighted by Crippen LogP contribution is 2.10. The van der Waals surface area contributed by atoms with E-state index in [-0.39, 0.29) is 12.4 Å². The van der Waals surface area contributed by atoms with Crippen LogP contribution in [0, 0.1) is 0 Å². The maximum atomic E-state index is 11.9. The maximum Gasteiger partial charge on any atom is 0.373 e. The molecule has 0 atom stereocenters. The Morgan fingerprint density at radius 2 is 1.48 bits per heavy atom. The van der Waals surface area contributed by atoms with Crippen LogP contribution in [-0.4, -0.2) is 38.0 Å². The van der Waals surface area contributed by atoms with Gasteiger partial charge in [-0.15, -0.1) is 0 Å². The number of hydrogen-bond acceptors (Lipinski definition) is 5. The van der Waals surface area contributed by atoms with E-state index in [9.17, 15) is 4.79 Å². The first kappa shape index (κ1) is 26.2. The Balaban J connectivity index is 0.000000399. The minimum atomic E-state index is -0.394. The van der Waals surface area contributed by atoms with Crippen LogP contribution < -0.4 is 4.74 Å². The number of rotatable bonds is 13. The van der Waals surface area contributed by atoms with Crippen molar-refractivity contribution < 1.29 is 24.1 Å². The third kappa shape index (κ3) is 13.2. The Kier molecular flexibility index (Phi) is 15.3. The largest absolute Gasteiger partial charge is 0.491 e. The SMILES string of the molecule is CCCCCCCCOC(=O)C(=Cc1ccccc1)OC.OCCOc1ccccc1. The van der Waals surface area contributed by atoms with Crippen molar-refractivity contribution in [1.29, 1.82) is 0 Å². The first-order valence-corrected chi connectivity index (χ1v) is 11.0. The third-order valence-electron chi connectivity index (χ3n) is 4.35. The molecule has 1 N–H and O–H groups in total. The normalized spacial score (nSPS) is 10.6. The molecule has 2 rings (SSSR count). The molecule has 0 heterocycles. The third-order valence-corrected chi connectivity index (χ3v) is 4.35. The van der Waals surface area contributed by atoms with Gasteiger partial charge in [-0.25, -0.2) is 4.79 Å². The number of carbonyl (C=O) groups excluding carboxylic acids is 1. The Morgan fingerprint density at radius 3 is 2.10 bits per heavy atom. The zero-order valence-corrected chi connectivity index (χ0v) is 18.8. The van der Waals surface area contributed by atoms with Gasteiger partial charge in [0.25, 0.3) is 0 Å². The molecule has 0 aliphatic rings. The summed E-state index contributed by atoms with van der Waals surface area (Å²) in [5, 5.41) is 8.40. The van der Waals surface area contributed by atoms with Crippen molar-refractivity contribution >= 4 is 12.0 Å². The van der Waals surface area contributed by atoms with Crippen LogP contribution in [0.4, 0.5) is 0 Å². The van der Waals surface area contributed by atoms with Crippen LogP contribution in [0.2, 0.25) is 0 Å². The smallest absolute Gasteiger partial charge is 0.373 e. The molecule has 0 unspecified atom stereocenters.